The molecule has 0 saturated heterocycles. The average Bonchev–Trinajstić information content (AvgIpc) is 2.92. The fourth-order valence-corrected chi connectivity index (χ4v) is 2.70. The summed E-state index contributed by atoms with van der Waals surface area (Å²) in [6.07, 6.45) is 8.87. The highest BCUT2D eigenvalue weighted by Gasteiger charge is 2.19. The van der Waals surface area contributed by atoms with E-state index < -0.39 is 0 Å². The number of nitrogens with zero attached hydrogens (tertiary/aromatic N) is 3. The number of imidazole rings is 1. The summed E-state index contributed by atoms with van der Waals surface area (Å²) >= 11 is 5.96. The summed E-state index contributed by atoms with van der Waals surface area (Å²) in [5.41, 5.74) is 0.473. The lowest BCUT2D eigenvalue weighted by atomic mass is 9.99. The molecule has 1 aliphatic rings. The van der Waals surface area contributed by atoms with E-state index in [4.69, 9.17) is 11.6 Å². The first kappa shape index (κ1) is 13.1. The van der Waals surface area contributed by atoms with Gasteiger partial charge >= 0.3 is 0 Å². The fourth-order valence-electron chi connectivity index (χ4n) is 2.50. The highest BCUT2D eigenvalue weighted by atomic mass is 35.5. The van der Waals surface area contributed by atoms with Crippen LogP contribution in [0.3, 0.4) is 0 Å². The zero-order valence-electron chi connectivity index (χ0n) is 10.9. The average molecular weight is 291 g/mol. The Morgan fingerprint density at radius 1 is 1.50 bits per heavy atom. The third-order valence-corrected chi connectivity index (χ3v) is 3.90. The first-order chi connectivity index (χ1) is 9.74. The third kappa shape index (κ3) is 2.67. The summed E-state index contributed by atoms with van der Waals surface area (Å²) in [7, 11) is 0. The molecule has 3 heterocycles. The van der Waals surface area contributed by atoms with Gasteiger partial charge in [-0.2, -0.15) is 0 Å². The molecule has 0 bridgehead atoms. The van der Waals surface area contributed by atoms with E-state index in [9.17, 15) is 4.79 Å². The SMILES string of the molecule is O=C(NC[C@H]1CCc2nccn2C1)c1ccncc1Cl. The van der Waals surface area contributed by atoms with Crippen molar-refractivity contribution in [2.75, 3.05) is 6.54 Å². The molecule has 3 rings (SSSR count). The second-order valence-corrected chi connectivity index (χ2v) is 5.37. The predicted molar refractivity (Wildman–Crippen MR) is 75.6 cm³/mol. The van der Waals surface area contributed by atoms with Gasteiger partial charge in [0.1, 0.15) is 5.82 Å². The van der Waals surface area contributed by atoms with E-state index in [0.29, 0.717) is 23.0 Å². The molecule has 0 fully saturated rings. The van der Waals surface area contributed by atoms with Gasteiger partial charge in [0.05, 0.1) is 10.6 Å². The Balaban J connectivity index is 1.58. The van der Waals surface area contributed by atoms with E-state index in [0.717, 1.165) is 25.2 Å². The summed E-state index contributed by atoms with van der Waals surface area (Å²) < 4.78 is 2.15. The maximum Gasteiger partial charge on any atom is 0.252 e. The van der Waals surface area contributed by atoms with Gasteiger partial charge < -0.3 is 9.88 Å². The summed E-state index contributed by atoms with van der Waals surface area (Å²) in [5.74, 6) is 1.42. The molecule has 0 saturated carbocycles. The third-order valence-electron chi connectivity index (χ3n) is 3.60. The lowest BCUT2D eigenvalue weighted by molar-refractivity contribution is 0.0943. The highest BCUT2D eigenvalue weighted by molar-refractivity contribution is 6.33. The minimum Gasteiger partial charge on any atom is -0.352 e. The van der Waals surface area contributed by atoms with Gasteiger partial charge in [-0.15, -0.1) is 0 Å². The Labute approximate surface area is 122 Å². The van der Waals surface area contributed by atoms with Crippen LogP contribution < -0.4 is 5.32 Å². The number of pyridine rings is 1. The van der Waals surface area contributed by atoms with Crippen LogP contribution in [0, 0.1) is 5.92 Å². The van der Waals surface area contributed by atoms with Crippen LogP contribution in [0.1, 0.15) is 22.6 Å². The van der Waals surface area contributed by atoms with Crippen LogP contribution in [0.15, 0.2) is 30.9 Å². The Bertz CT molecular complexity index is 625. The zero-order valence-corrected chi connectivity index (χ0v) is 11.7. The first-order valence-corrected chi connectivity index (χ1v) is 6.99. The van der Waals surface area contributed by atoms with E-state index in [1.807, 2.05) is 12.4 Å². The molecule has 6 heteroatoms. The normalized spacial score (nSPS) is 17.6. The number of fused-ring (bicyclic) bond motifs is 1. The van der Waals surface area contributed by atoms with Gasteiger partial charge in [0.15, 0.2) is 0 Å². The standard InChI is InChI=1S/C14H15ClN4O/c15-12-8-16-4-3-11(12)14(20)18-7-10-1-2-13-17-5-6-19(13)9-10/h3-6,8,10H,1-2,7,9H2,(H,18,20)/t10-/m1/s1. The van der Waals surface area contributed by atoms with E-state index in [-0.39, 0.29) is 5.91 Å². The van der Waals surface area contributed by atoms with Gasteiger partial charge in [-0.25, -0.2) is 4.98 Å². The summed E-state index contributed by atoms with van der Waals surface area (Å²) in [5, 5.41) is 3.33. The fraction of sp³-hybridized carbons (Fsp3) is 0.357. The number of amides is 1. The van der Waals surface area contributed by atoms with Crippen LogP contribution in [0.2, 0.25) is 5.02 Å². The maximum atomic E-state index is 12.1. The number of carbonyl (C=O) groups is 1. The highest BCUT2D eigenvalue weighted by Crippen LogP contribution is 2.18. The molecular weight excluding hydrogens is 276 g/mol. The molecule has 2 aromatic rings. The lowest BCUT2D eigenvalue weighted by Gasteiger charge is -2.24. The van der Waals surface area contributed by atoms with Crippen molar-refractivity contribution >= 4 is 17.5 Å². The first-order valence-electron chi connectivity index (χ1n) is 6.62. The number of nitrogens with one attached hydrogen (secondary N) is 1. The van der Waals surface area contributed by atoms with E-state index in [1.54, 1.807) is 12.3 Å². The maximum absolute atomic E-state index is 12.1. The van der Waals surface area contributed by atoms with Gasteiger partial charge in [0.25, 0.3) is 5.91 Å². The Morgan fingerprint density at radius 3 is 3.25 bits per heavy atom. The van der Waals surface area contributed by atoms with Crippen LogP contribution in [-0.4, -0.2) is 27.0 Å². The van der Waals surface area contributed by atoms with Crippen molar-refractivity contribution in [3.05, 3.63) is 47.3 Å². The van der Waals surface area contributed by atoms with E-state index in [1.165, 1.54) is 6.20 Å². The molecule has 20 heavy (non-hydrogen) atoms. The summed E-state index contributed by atoms with van der Waals surface area (Å²) in [4.78, 5) is 20.2. The molecule has 1 N–H and O–H groups in total. The lowest BCUT2D eigenvalue weighted by Crippen LogP contribution is -2.33. The minimum atomic E-state index is -0.145. The summed E-state index contributed by atoms with van der Waals surface area (Å²) in [6, 6.07) is 1.63. The van der Waals surface area contributed by atoms with Crippen molar-refractivity contribution in [3.63, 3.8) is 0 Å². The quantitative estimate of drug-likeness (QED) is 0.939. The Kier molecular flexibility index (Phi) is 3.69. The molecule has 1 aliphatic heterocycles. The number of aryl methyl sites for hydroxylation is 1. The van der Waals surface area contributed by atoms with Crippen molar-refractivity contribution in [2.24, 2.45) is 5.92 Å². The minimum absolute atomic E-state index is 0.145. The smallest absolute Gasteiger partial charge is 0.252 e. The Morgan fingerprint density at radius 2 is 2.40 bits per heavy atom. The monoisotopic (exact) mass is 290 g/mol. The number of hydrogen-bond donors (Lipinski definition) is 1. The number of aromatic nitrogens is 3. The van der Waals surface area contributed by atoms with Crippen molar-refractivity contribution in [3.8, 4) is 0 Å². The van der Waals surface area contributed by atoms with E-state index in [2.05, 4.69) is 19.9 Å². The van der Waals surface area contributed by atoms with Crippen molar-refractivity contribution in [1.82, 2.24) is 19.9 Å². The van der Waals surface area contributed by atoms with Crippen LogP contribution in [-0.2, 0) is 13.0 Å². The zero-order chi connectivity index (χ0) is 13.9. The van der Waals surface area contributed by atoms with E-state index >= 15 is 0 Å². The van der Waals surface area contributed by atoms with Crippen molar-refractivity contribution < 1.29 is 4.79 Å². The second kappa shape index (κ2) is 5.63. The molecule has 0 unspecified atom stereocenters. The van der Waals surface area contributed by atoms with Crippen LogP contribution in [0.5, 0.6) is 0 Å². The number of halogens is 1. The number of hydrogen-bond acceptors (Lipinski definition) is 3. The molecule has 0 spiro atoms. The Hall–Kier alpha value is -1.88. The molecule has 0 radical (unpaired) electrons. The molecule has 1 atom stereocenters. The van der Waals surface area contributed by atoms with Crippen LogP contribution >= 0.6 is 11.6 Å². The molecule has 104 valence electrons. The van der Waals surface area contributed by atoms with Crippen LogP contribution in [0.25, 0.3) is 0 Å². The van der Waals surface area contributed by atoms with Gasteiger partial charge in [0.2, 0.25) is 0 Å². The predicted octanol–water partition coefficient (Wildman–Crippen LogP) is 1.92. The van der Waals surface area contributed by atoms with Crippen molar-refractivity contribution in [2.45, 2.75) is 19.4 Å². The molecule has 1 amide bonds. The number of carbonyl (C=O) groups excluding carboxylic acids is 1. The molecule has 5 nitrogen and oxygen atoms in total. The molecule has 2 aromatic heterocycles. The molecule has 0 aromatic carbocycles. The van der Waals surface area contributed by atoms with Crippen LogP contribution in [0.4, 0.5) is 0 Å². The van der Waals surface area contributed by atoms with Gasteiger partial charge in [0, 0.05) is 44.3 Å². The largest absolute Gasteiger partial charge is 0.352 e. The second-order valence-electron chi connectivity index (χ2n) is 4.97. The van der Waals surface area contributed by atoms with Gasteiger partial charge in [-0.3, -0.25) is 9.78 Å². The summed E-state index contributed by atoms with van der Waals surface area (Å²) in [6.45, 7) is 1.55. The van der Waals surface area contributed by atoms with Gasteiger partial charge in [-0.05, 0) is 18.4 Å². The van der Waals surface area contributed by atoms with Crippen molar-refractivity contribution in [1.29, 1.82) is 0 Å². The number of rotatable bonds is 3. The molecule has 0 aliphatic carbocycles. The topological polar surface area (TPSA) is 59.8 Å². The molecular formula is C14H15ClN4O. The van der Waals surface area contributed by atoms with Gasteiger partial charge in [-0.1, -0.05) is 11.6 Å².